The molecule has 1 atom stereocenters. The molecule has 1 unspecified atom stereocenters. The normalized spacial score (nSPS) is 17.8. The van der Waals surface area contributed by atoms with Crippen LogP contribution in [0.5, 0.6) is 5.75 Å². The van der Waals surface area contributed by atoms with E-state index in [4.69, 9.17) is 4.74 Å². The fourth-order valence-corrected chi connectivity index (χ4v) is 5.76. The second-order valence-electron chi connectivity index (χ2n) is 5.72. The first-order chi connectivity index (χ1) is 12.5. The van der Waals surface area contributed by atoms with Gasteiger partial charge in [0.1, 0.15) is 10.6 Å². The van der Waals surface area contributed by atoms with Crippen molar-refractivity contribution in [3.63, 3.8) is 0 Å². The summed E-state index contributed by atoms with van der Waals surface area (Å²) in [6, 6.07) is 8.36. The molecule has 27 heavy (non-hydrogen) atoms. The van der Waals surface area contributed by atoms with E-state index in [0.717, 1.165) is 16.9 Å². The van der Waals surface area contributed by atoms with Gasteiger partial charge in [-0.05, 0) is 12.1 Å². The number of nitrogens with zero attached hydrogens (tertiary/aromatic N) is 1. The maximum atomic E-state index is 13.2. The number of halogens is 1. The van der Waals surface area contributed by atoms with Gasteiger partial charge in [0, 0.05) is 30.6 Å². The number of nitrogens with one attached hydrogen (secondary N) is 1. The second-order valence-corrected chi connectivity index (χ2v) is 8.52. The highest BCUT2D eigenvalue weighted by molar-refractivity contribution is 7.89. The number of hydrogen-bond acceptors (Lipinski definition) is 7. The van der Waals surface area contributed by atoms with Crippen LogP contribution in [0.25, 0.3) is 0 Å². The predicted molar refractivity (Wildman–Crippen MR) is 105 cm³/mol. The maximum absolute atomic E-state index is 13.2. The summed E-state index contributed by atoms with van der Waals surface area (Å²) in [4.78, 5) is 12.0. The van der Waals surface area contributed by atoms with Gasteiger partial charge in [0.2, 0.25) is 10.0 Å². The van der Waals surface area contributed by atoms with Gasteiger partial charge < -0.3 is 14.8 Å². The zero-order chi connectivity index (χ0) is 18.7. The molecule has 1 fully saturated rings. The molecule has 7 nitrogen and oxygen atoms in total. The average molecular weight is 433 g/mol. The van der Waals surface area contributed by atoms with Gasteiger partial charge >= 0.3 is 5.97 Å². The van der Waals surface area contributed by atoms with E-state index in [9.17, 15) is 13.2 Å². The molecule has 1 aromatic carbocycles. The van der Waals surface area contributed by atoms with Crippen LogP contribution in [0.1, 0.15) is 21.3 Å². The number of ether oxygens (including phenoxy) is 2. The number of methoxy groups -OCH3 is 2. The monoisotopic (exact) mass is 432 g/mol. The molecule has 0 saturated carbocycles. The summed E-state index contributed by atoms with van der Waals surface area (Å²) >= 11 is 1.06. The van der Waals surface area contributed by atoms with E-state index >= 15 is 0 Å². The Morgan fingerprint density at radius 3 is 2.74 bits per heavy atom. The molecular weight excluding hydrogens is 412 g/mol. The fraction of sp³-hybridized carbons (Fsp3) is 0.353. The van der Waals surface area contributed by atoms with E-state index in [1.165, 1.54) is 22.9 Å². The van der Waals surface area contributed by atoms with Crippen molar-refractivity contribution >= 4 is 39.7 Å². The Labute approximate surface area is 168 Å². The van der Waals surface area contributed by atoms with Crippen molar-refractivity contribution < 1.29 is 22.7 Å². The highest BCUT2D eigenvalue weighted by Gasteiger charge is 2.36. The molecule has 0 amide bonds. The van der Waals surface area contributed by atoms with Gasteiger partial charge in [0.25, 0.3) is 0 Å². The lowest BCUT2D eigenvalue weighted by Gasteiger charge is -2.35. The van der Waals surface area contributed by atoms with Crippen molar-refractivity contribution in [1.29, 1.82) is 0 Å². The van der Waals surface area contributed by atoms with Crippen molar-refractivity contribution in [2.45, 2.75) is 10.9 Å². The van der Waals surface area contributed by atoms with Gasteiger partial charge in [-0.25, -0.2) is 13.2 Å². The molecule has 2 aromatic rings. The largest absolute Gasteiger partial charge is 0.496 e. The van der Waals surface area contributed by atoms with Crippen molar-refractivity contribution in [1.82, 2.24) is 9.62 Å². The zero-order valence-electron chi connectivity index (χ0n) is 14.9. The van der Waals surface area contributed by atoms with Crippen molar-refractivity contribution in [2.75, 3.05) is 33.9 Å². The highest BCUT2D eigenvalue weighted by Crippen LogP contribution is 2.34. The fourth-order valence-electron chi connectivity index (χ4n) is 2.98. The van der Waals surface area contributed by atoms with Crippen molar-refractivity contribution in [3.8, 4) is 5.75 Å². The zero-order valence-corrected chi connectivity index (χ0v) is 17.3. The molecule has 0 bridgehead atoms. The van der Waals surface area contributed by atoms with E-state index in [0.29, 0.717) is 25.4 Å². The molecule has 1 N–H and O–H groups in total. The van der Waals surface area contributed by atoms with E-state index < -0.39 is 22.0 Å². The first-order valence-electron chi connectivity index (χ1n) is 8.01. The Morgan fingerprint density at radius 2 is 2.04 bits per heavy atom. The smallest absolute Gasteiger partial charge is 0.348 e. The number of piperazine rings is 1. The lowest BCUT2D eigenvalue weighted by molar-refractivity contribution is 0.0606. The van der Waals surface area contributed by atoms with Crippen LogP contribution in [0.3, 0.4) is 0 Å². The Bertz CT molecular complexity index is 900. The number of para-hydroxylation sites is 1. The van der Waals surface area contributed by atoms with Gasteiger partial charge in [0.15, 0.2) is 0 Å². The Hall–Kier alpha value is -1.65. The van der Waals surface area contributed by atoms with Crippen LogP contribution in [0.15, 0.2) is 40.6 Å². The lowest BCUT2D eigenvalue weighted by atomic mass is 10.0. The summed E-state index contributed by atoms with van der Waals surface area (Å²) in [5, 5.41) is 4.71. The summed E-state index contributed by atoms with van der Waals surface area (Å²) in [5.74, 6) is 0.0972. The number of benzene rings is 1. The van der Waals surface area contributed by atoms with E-state index in [-0.39, 0.29) is 22.2 Å². The van der Waals surface area contributed by atoms with Crippen LogP contribution in [-0.4, -0.2) is 52.5 Å². The SMILES string of the molecule is COC(=O)c1cc(S(=O)(=O)N2CCNCC2c2ccccc2OC)cs1.Cl. The van der Waals surface area contributed by atoms with E-state index in [1.807, 2.05) is 24.3 Å². The first kappa shape index (κ1) is 21.6. The molecule has 0 radical (unpaired) electrons. The third kappa shape index (κ3) is 4.27. The Balaban J connectivity index is 0.00000261. The summed E-state index contributed by atoms with van der Waals surface area (Å²) in [6.07, 6.45) is 0. The molecular formula is C17H21ClN2O5S2. The number of esters is 1. The summed E-state index contributed by atoms with van der Waals surface area (Å²) in [7, 11) is -0.932. The first-order valence-corrected chi connectivity index (χ1v) is 10.3. The quantitative estimate of drug-likeness (QED) is 0.730. The number of thiophene rings is 1. The lowest BCUT2D eigenvalue weighted by Crippen LogP contribution is -2.48. The number of sulfonamides is 1. The third-order valence-electron chi connectivity index (χ3n) is 4.26. The molecule has 10 heteroatoms. The molecule has 148 valence electrons. The van der Waals surface area contributed by atoms with Crippen LogP contribution in [0.4, 0.5) is 0 Å². The minimum atomic E-state index is -3.76. The maximum Gasteiger partial charge on any atom is 0.348 e. The number of carbonyl (C=O) groups is 1. The number of hydrogen-bond donors (Lipinski definition) is 1. The minimum absolute atomic E-state index is 0. The van der Waals surface area contributed by atoms with Gasteiger partial charge in [-0.3, -0.25) is 0 Å². The topological polar surface area (TPSA) is 84.9 Å². The average Bonchev–Trinajstić information content (AvgIpc) is 3.18. The van der Waals surface area contributed by atoms with Gasteiger partial charge in [-0.1, -0.05) is 18.2 Å². The summed E-state index contributed by atoms with van der Waals surface area (Å²) < 4.78 is 37.9. The van der Waals surface area contributed by atoms with E-state index in [2.05, 4.69) is 10.1 Å². The van der Waals surface area contributed by atoms with Gasteiger partial charge in [-0.2, -0.15) is 4.31 Å². The Morgan fingerprint density at radius 1 is 1.30 bits per heavy atom. The van der Waals surface area contributed by atoms with Crippen LogP contribution in [0, 0.1) is 0 Å². The molecule has 1 aromatic heterocycles. The van der Waals surface area contributed by atoms with Crippen LogP contribution < -0.4 is 10.1 Å². The molecule has 2 heterocycles. The van der Waals surface area contributed by atoms with Crippen LogP contribution in [-0.2, 0) is 14.8 Å². The summed E-state index contributed by atoms with van der Waals surface area (Å²) in [5.41, 5.74) is 0.800. The third-order valence-corrected chi connectivity index (χ3v) is 7.21. The predicted octanol–water partition coefficient (Wildman–Crippen LogP) is 2.30. The number of carbonyl (C=O) groups excluding carboxylic acids is 1. The number of rotatable bonds is 5. The molecule has 1 saturated heterocycles. The van der Waals surface area contributed by atoms with Crippen LogP contribution >= 0.6 is 23.7 Å². The second kappa shape index (κ2) is 9.03. The molecule has 0 aliphatic carbocycles. The highest BCUT2D eigenvalue weighted by atomic mass is 35.5. The molecule has 3 rings (SSSR count). The van der Waals surface area contributed by atoms with Gasteiger partial charge in [0.05, 0.1) is 25.2 Å². The van der Waals surface area contributed by atoms with Gasteiger partial charge in [-0.15, -0.1) is 23.7 Å². The molecule has 1 aliphatic rings. The minimum Gasteiger partial charge on any atom is -0.496 e. The Kier molecular flexibility index (Phi) is 7.24. The standard InChI is InChI=1S/C17H20N2O5S2.ClH/c1-23-15-6-4-3-5-13(15)14-10-18-7-8-19(14)26(21,22)12-9-16(25-11-12)17(20)24-2;/h3-6,9,11,14,18H,7-8,10H2,1-2H3;1H. The van der Waals surface area contributed by atoms with E-state index in [1.54, 1.807) is 7.11 Å². The van der Waals surface area contributed by atoms with Crippen LogP contribution in [0.2, 0.25) is 0 Å². The van der Waals surface area contributed by atoms with Crippen molar-refractivity contribution in [3.05, 3.63) is 46.2 Å². The van der Waals surface area contributed by atoms with Crippen molar-refractivity contribution in [2.24, 2.45) is 0 Å². The molecule has 1 aliphatic heterocycles. The summed E-state index contributed by atoms with van der Waals surface area (Å²) in [6.45, 7) is 1.36. The molecule has 0 spiro atoms.